The third kappa shape index (κ3) is 9.61. The molecule has 0 aliphatic carbocycles. The average molecular weight is 696 g/mol. The van der Waals surface area contributed by atoms with Crippen LogP contribution in [0.1, 0.15) is 26.4 Å². The number of hydrogen-bond donors (Lipinski definition) is 2. The highest BCUT2D eigenvalue weighted by molar-refractivity contribution is 7.07. The van der Waals surface area contributed by atoms with Gasteiger partial charge in [-0.3, -0.25) is 14.5 Å². The van der Waals surface area contributed by atoms with Crippen LogP contribution in [0.25, 0.3) is 0 Å². The average Bonchev–Trinajstić information content (AvgIpc) is 3.67. The Kier molecular flexibility index (Phi) is 12.9. The van der Waals surface area contributed by atoms with Crippen LogP contribution in [-0.2, 0) is 9.47 Å². The number of ketones is 1. The predicted molar refractivity (Wildman–Crippen MR) is 184 cm³/mol. The lowest BCUT2D eigenvalue weighted by Gasteiger charge is -2.34. The maximum atomic E-state index is 13.3. The van der Waals surface area contributed by atoms with Gasteiger partial charge in [-0.15, -0.1) is 11.3 Å². The molecule has 1 aliphatic rings. The molecule has 1 amide bonds. The quantitative estimate of drug-likeness (QED) is 0.119. The molecule has 1 saturated heterocycles. The Hall–Kier alpha value is -4.34. The van der Waals surface area contributed by atoms with Crippen molar-refractivity contribution in [1.29, 1.82) is 0 Å². The van der Waals surface area contributed by atoms with Crippen molar-refractivity contribution in [2.45, 2.75) is 0 Å². The maximum absolute atomic E-state index is 13.3. The molecule has 0 bridgehead atoms. The Morgan fingerprint density at radius 1 is 0.958 bits per heavy atom. The Labute approximate surface area is 288 Å². The summed E-state index contributed by atoms with van der Waals surface area (Å²) in [4.78, 5) is 42.5. The summed E-state index contributed by atoms with van der Waals surface area (Å²) < 4.78 is 22.7. The number of thiazole rings is 1. The number of amides is 1. The lowest BCUT2D eigenvalue weighted by Crippen LogP contribution is -2.49. The van der Waals surface area contributed by atoms with Crippen molar-refractivity contribution in [3.63, 3.8) is 0 Å². The lowest BCUT2D eigenvalue weighted by atomic mass is 10.1. The van der Waals surface area contributed by atoms with Gasteiger partial charge in [-0.05, 0) is 30.3 Å². The van der Waals surface area contributed by atoms with Crippen LogP contribution in [0, 0.1) is 0 Å². The van der Waals surface area contributed by atoms with Gasteiger partial charge in [0, 0.05) is 56.3 Å². The second kappa shape index (κ2) is 17.7. The molecule has 48 heavy (non-hydrogen) atoms. The molecule has 0 saturated carbocycles. The first-order valence-electron chi connectivity index (χ1n) is 15.4. The molecule has 0 spiro atoms. The van der Waals surface area contributed by atoms with Crippen molar-refractivity contribution in [3.8, 4) is 11.5 Å². The van der Waals surface area contributed by atoms with Gasteiger partial charge in [0.25, 0.3) is 5.91 Å². The van der Waals surface area contributed by atoms with Gasteiger partial charge in [-0.25, -0.2) is 9.97 Å². The van der Waals surface area contributed by atoms with Gasteiger partial charge in [0.05, 0.1) is 50.9 Å². The number of piperazine rings is 1. The van der Waals surface area contributed by atoms with Gasteiger partial charge >= 0.3 is 0 Å². The Balaban J connectivity index is 0.948. The summed E-state index contributed by atoms with van der Waals surface area (Å²) in [6.07, 6.45) is 1.51. The van der Waals surface area contributed by atoms with Gasteiger partial charge in [0.15, 0.2) is 0 Å². The molecular weight excluding hydrogens is 658 g/mol. The Bertz CT molecular complexity index is 1650. The smallest absolute Gasteiger partial charge is 0.254 e. The fourth-order valence-electron chi connectivity index (χ4n) is 4.94. The second-order valence-corrected chi connectivity index (χ2v) is 11.7. The molecule has 2 aromatic heterocycles. The van der Waals surface area contributed by atoms with Crippen molar-refractivity contribution in [1.82, 2.24) is 24.8 Å². The van der Waals surface area contributed by atoms with Gasteiger partial charge < -0.3 is 34.5 Å². The number of rotatable bonds is 17. The van der Waals surface area contributed by atoms with Gasteiger partial charge in [0.1, 0.15) is 34.6 Å². The fourth-order valence-corrected chi connectivity index (χ4v) is 5.66. The number of carbonyl (C=O) groups is 2. The third-order valence-electron chi connectivity index (χ3n) is 7.52. The van der Waals surface area contributed by atoms with Crippen LogP contribution in [0.4, 0.5) is 17.5 Å². The molecule has 0 radical (unpaired) electrons. The van der Waals surface area contributed by atoms with Gasteiger partial charge in [-0.2, -0.15) is 4.98 Å². The number of anilines is 3. The molecule has 4 aromatic rings. The minimum absolute atomic E-state index is 0.0473. The minimum atomic E-state index is -0.127. The molecule has 5 rings (SSSR count). The zero-order valence-electron chi connectivity index (χ0n) is 26.8. The molecule has 2 N–H and O–H groups in total. The SMILES string of the molecule is CNc1nc(Nc2ccc(C(=O)N3CCN(CCOCCOCCOc4cccc(C(=O)c5cscn5)c4)CC3)cc2OC)ncc1Cl. The second-order valence-electron chi connectivity index (χ2n) is 10.6. The summed E-state index contributed by atoms with van der Waals surface area (Å²) in [7, 11) is 3.28. The van der Waals surface area contributed by atoms with E-state index in [1.165, 1.54) is 17.5 Å². The first-order chi connectivity index (χ1) is 23.4. The van der Waals surface area contributed by atoms with E-state index >= 15 is 0 Å². The number of methoxy groups -OCH3 is 1. The summed E-state index contributed by atoms with van der Waals surface area (Å²) in [6, 6.07) is 12.3. The number of nitrogens with zero attached hydrogens (tertiary/aromatic N) is 5. The summed E-state index contributed by atoms with van der Waals surface area (Å²) >= 11 is 7.47. The molecule has 3 heterocycles. The zero-order chi connectivity index (χ0) is 33.7. The van der Waals surface area contributed by atoms with E-state index in [4.69, 9.17) is 30.5 Å². The van der Waals surface area contributed by atoms with Gasteiger partial charge in [0.2, 0.25) is 11.7 Å². The highest BCUT2D eigenvalue weighted by Crippen LogP contribution is 2.29. The summed E-state index contributed by atoms with van der Waals surface area (Å²) in [5, 5.41) is 8.18. The summed E-state index contributed by atoms with van der Waals surface area (Å²) in [5.41, 5.74) is 3.78. The molecule has 0 atom stereocenters. The highest BCUT2D eigenvalue weighted by atomic mass is 35.5. The van der Waals surface area contributed by atoms with Crippen LogP contribution in [0.15, 0.2) is 59.6 Å². The first-order valence-corrected chi connectivity index (χ1v) is 16.8. The van der Waals surface area contributed by atoms with E-state index in [-0.39, 0.29) is 11.7 Å². The highest BCUT2D eigenvalue weighted by Gasteiger charge is 2.23. The van der Waals surface area contributed by atoms with E-state index in [2.05, 4.69) is 30.5 Å². The largest absolute Gasteiger partial charge is 0.495 e. The molecule has 1 aliphatic heterocycles. The number of halogens is 1. The molecule has 15 heteroatoms. The molecule has 13 nitrogen and oxygen atoms in total. The number of hydrogen-bond acceptors (Lipinski definition) is 13. The van der Waals surface area contributed by atoms with Crippen molar-refractivity contribution in [3.05, 3.63) is 81.4 Å². The molecule has 1 fully saturated rings. The summed E-state index contributed by atoms with van der Waals surface area (Å²) in [5.74, 6) is 1.78. The van der Waals surface area contributed by atoms with Crippen molar-refractivity contribution in [2.75, 3.05) is 90.5 Å². The van der Waals surface area contributed by atoms with E-state index in [1.807, 2.05) is 11.0 Å². The van der Waals surface area contributed by atoms with E-state index in [0.29, 0.717) is 96.9 Å². The zero-order valence-corrected chi connectivity index (χ0v) is 28.4. The van der Waals surface area contributed by atoms with E-state index < -0.39 is 0 Å². The number of aromatic nitrogens is 3. The van der Waals surface area contributed by atoms with Crippen molar-refractivity contribution < 1.29 is 28.5 Å². The number of benzene rings is 2. The van der Waals surface area contributed by atoms with Crippen LogP contribution in [0.2, 0.25) is 5.02 Å². The fraction of sp³-hybridized carbons (Fsp3) is 0.364. The molecule has 0 unspecified atom stereocenters. The number of ether oxygens (including phenoxy) is 4. The van der Waals surface area contributed by atoms with Crippen LogP contribution in [0.5, 0.6) is 11.5 Å². The maximum Gasteiger partial charge on any atom is 0.254 e. The van der Waals surface area contributed by atoms with Crippen LogP contribution < -0.4 is 20.1 Å². The number of carbonyl (C=O) groups excluding carboxylic acids is 2. The topological polar surface area (TPSA) is 140 Å². The summed E-state index contributed by atoms with van der Waals surface area (Å²) in [6.45, 7) is 5.82. The van der Waals surface area contributed by atoms with E-state index in [9.17, 15) is 9.59 Å². The monoisotopic (exact) mass is 695 g/mol. The first kappa shape index (κ1) is 35.0. The lowest BCUT2D eigenvalue weighted by molar-refractivity contribution is 0.0237. The standard InChI is InChI=1S/C33H38ClN7O6S/c1-35-31-26(34)20-36-33(39-31)38-27-7-6-24(19-29(27)44-2)32(43)41-10-8-40(9-11-41)12-13-45-14-15-46-16-17-47-25-5-3-4-23(18-25)30(42)28-21-48-22-37-28/h3-7,18-22H,8-17H2,1-2H3,(H2,35,36,38,39). The Morgan fingerprint density at radius 2 is 1.75 bits per heavy atom. The molecular formula is C33H38ClN7O6S. The van der Waals surface area contributed by atoms with E-state index in [1.54, 1.807) is 61.4 Å². The van der Waals surface area contributed by atoms with Crippen LogP contribution >= 0.6 is 22.9 Å². The van der Waals surface area contributed by atoms with E-state index in [0.717, 1.165) is 19.6 Å². The van der Waals surface area contributed by atoms with Crippen molar-refractivity contribution >= 4 is 52.1 Å². The van der Waals surface area contributed by atoms with Gasteiger partial charge in [-0.1, -0.05) is 23.7 Å². The minimum Gasteiger partial charge on any atom is -0.495 e. The molecule has 254 valence electrons. The normalized spacial score (nSPS) is 13.3. The molecule has 2 aromatic carbocycles. The Morgan fingerprint density at radius 3 is 2.50 bits per heavy atom. The predicted octanol–water partition coefficient (Wildman–Crippen LogP) is 4.48. The number of nitrogens with one attached hydrogen (secondary N) is 2. The van der Waals surface area contributed by atoms with Crippen molar-refractivity contribution in [2.24, 2.45) is 0 Å². The van der Waals surface area contributed by atoms with Crippen LogP contribution in [0.3, 0.4) is 0 Å². The van der Waals surface area contributed by atoms with Crippen LogP contribution in [-0.4, -0.2) is 116 Å². The third-order valence-corrected chi connectivity index (χ3v) is 8.38.